The first-order valence-electron chi connectivity index (χ1n) is 5.67. The van der Waals surface area contributed by atoms with E-state index in [1.807, 2.05) is 0 Å². The number of halogens is 6. The molecule has 0 amide bonds. The Bertz CT molecular complexity index is 486. The molecule has 21 heavy (non-hydrogen) atoms. The second-order valence-electron chi connectivity index (χ2n) is 4.36. The number of anilines is 1. The Morgan fingerprint density at radius 1 is 1.14 bits per heavy atom. The van der Waals surface area contributed by atoms with Crippen molar-refractivity contribution in [1.82, 2.24) is 0 Å². The van der Waals surface area contributed by atoms with Gasteiger partial charge < -0.3 is 5.11 Å². The second kappa shape index (κ2) is 6.37. The Labute approximate surface area is 128 Å². The highest BCUT2D eigenvalue weighted by Crippen LogP contribution is 2.48. The van der Waals surface area contributed by atoms with E-state index in [4.69, 9.17) is 0 Å². The minimum Gasteiger partial charge on any atom is -0.376 e. The van der Waals surface area contributed by atoms with E-state index in [1.165, 1.54) is 6.92 Å². The van der Waals surface area contributed by atoms with Gasteiger partial charge in [0.2, 0.25) is 5.60 Å². The molecule has 1 aromatic carbocycles. The van der Waals surface area contributed by atoms with Crippen LogP contribution in [0.4, 0.5) is 23.2 Å². The summed E-state index contributed by atoms with van der Waals surface area (Å²) in [6.07, 6.45) is -1.22. The van der Waals surface area contributed by atoms with Crippen molar-refractivity contribution in [3.63, 3.8) is 0 Å². The van der Waals surface area contributed by atoms with Crippen LogP contribution in [0.2, 0.25) is 0 Å². The van der Waals surface area contributed by atoms with Crippen LogP contribution in [0, 0.1) is 0 Å². The van der Waals surface area contributed by atoms with Crippen LogP contribution < -0.4 is 5.43 Å². The van der Waals surface area contributed by atoms with Crippen LogP contribution in [-0.2, 0) is 0 Å². The normalized spacial score (nSPS) is 14.2. The van der Waals surface area contributed by atoms with E-state index in [1.54, 1.807) is 30.3 Å². The number of benzene rings is 1. The number of hydrogen-bond donors (Lipinski definition) is 2. The summed E-state index contributed by atoms with van der Waals surface area (Å²) < 4.78 is 52.3. The third-order valence-corrected chi connectivity index (χ3v) is 3.22. The number of hydrogen-bond acceptors (Lipinski definition) is 3. The molecule has 0 heterocycles. The number of aliphatic hydroxyl groups is 1. The Morgan fingerprint density at radius 2 is 1.62 bits per heavy atom. The maximum atomic E-state index is 13.1. The number of para-hydroxylation sites is 1. The lowest BCUT2D eigenvalue weighted by Crippen LogP contribution is -2.56. The molecule has 0 unspecified atom stereocenters. The number of nitrogens with zero attached hydrogens (tertiary/aromatic N) is 1. The molecule has 0 aliphatic carbocycles. The molecule has 0 spiro atoms. The fraction of sp³-hybridized carbons (Fsp3) is 0.417. The van der Waals surface area contributed by atoms with Gasteiger partial charge in [-0.05, 0) is 42.3 Å². The average molecular weight is 347 g/mol. The van der Waals surface area contributed by atoms with Gasteiger partial charge in [-0.3, -0.25) is 5.43 Å². The summed E-state index contributed by atoms with van der Waals surface area (Å²) in [4.78, 5) is 0. The largest absolute Gasteiger partial charge is 0.376 e. The Kier molecular flexibility index (Phi) is 5.46. The molecule has 1 aromatic rings. The molecule has 0 bridgehead atoms. The average Bonchev–Trinajstić information content (AvgIpc) is 2.35. The second-order valence-corrected chi connectivity index (χ2v) is 5.31. The zero-order valence-corrected chi connectivity index (χ0v) is 12.3. The maximum Gasteiger partial charge on any atom is 0.357 e. The number of nitrogens with one attached hydrogen (secondary N) is 1. The maximum absolute atomic E-state index is 13.1. The predicted molar refractivity (Wildman–Crippen MR) is 74.3 cm³/mol. The van der Waals surface area contributed by atoms with Crippen molar-refractivity contribution in [2.24, 2.45) is 5.10 Å². The van der Waals surface area contributed by atoms with Crippen molar-refractivity contribution >= 4 is 34.6 Å². The van der Waals surface area contributed by atoms with Crippen LogP contribution in [-0.4, -0.2) is 27.2 Å². The first-order chi connectivity index (χ1) is 9.47. The zero-order chi connectivity index (χ0) is 16.3. The summed E-state index contributed by atoms with van der Waals surface area (Å²) in [6.45, 7) is 1.17. The Balaban J connectivity index is 2.90. The number of rotatable bonds is 6. The van der Waals surface area contributed by atoms with Crippen LogP contribution in [0.3, 0.4) is 0 Å². The molecule has 0 aromatic heterocycles. The van der Waals surface area contributed by atoms with E-state index in [2.05, 4.69) is 33.7 Å². The van der Waals surface area contributed by atoms with Gasteiger partial charge in [0.1, 0.15) is 0 Å². The molecule has 118 valence electrons. The fourth-order valence-electron chi connectivity index (χ4n) is 1.44. The molecule has 9 heteroatoms. The van der Waals surface area contributed by atoms with E-state index in [9.17, 15) is 22.7 Å². The summed E-state index contributed by atoms with van der Waals surface area (Å²) in [5, 5.41) is 3.83. The molecule has 0 fully saturated rings. The van der Waals surface area contributed by atoms with Crippen molar-refractivity contribution < 1.29 is 22.7 Å². The van der Waals surface area contributed by atoms with Crippen molar-refractivity contribution in [1.29, 1.82) is 0 Å². The molecule has 0 saturated heterocycles. The number of alkyl halides is 6. The highest BCUT2D eigenvalue weighted by Gasteiger charge is 2.66. The van der Waals surface area contributed by atoms with E-state index >= 15 is 0 Å². The van der Waals surface area contributed by atoms with Crippen molar-refractivity contribution in [3.8, 4) is 0 Å². The van der Waals surface area contributed by atoms with Gasteiger partial charge in [0, 0.05) is 12.1 Å². The third kappa shape index (κ3) is 4.46. The van der Waals surface area contributed by atoms with E-state index in [0.717, 1.165) is 0 Å². The monoisotopic (exact) mass is 346 g/mol. The van der Waals surface area contributed by atoms with Crippen LogP contribution in [0.15, 0.2) is 35.4 Å². The summed E-state index contributed by atoms with van der Waals surface area (Å²) in [6, 6.07) is 8.35. The van der Waals surface area contributed by atoms with E-state index < -0.39 is 22.8 Å². The first-order valence-corrected chi connectivity index (χ1v) is 6.43. The molecule has 0 atom stereocenters. The molecule has 1 rings (SSSR count). The summed E-state index contributed by atoms with van der Waals surface area (Å²) in [5.74, 6) is 0. The molecule has 2 N–H and O–H groups in total. The quantitative estimate of drug-likeness (QED) is 0.350. The van der Waals surface area contributed by atoms with Gasteiger partial charge in [0.25, 0.3) is 0 Å². The smallest absolute Gasteiger partial charge is 0.357 e. The van der Waals surface area contributed by atoms with Crippen LogP contribution in [0.1, 0.15) is 13.3 Å². The van der Waals surface area contributed by atoms with Crippen LogP contribution >= 0.6 is 23.2 Å². The molecule has 0 radical (unpaired) electrons. The minimum atomic E-state index is -4.64. The highest BCUT2D eigenvalue weighted by atomic mass is 35.5. The zero-order valence-electron chi connectivity index (χ0n) is 10.8. The van der Waals surface area contributed by atoms with Gasteiger partial charge in [-0.1, -0.05) is 18.2 Å². The van der Waals surface area contributed by atoms with Crippen LogP contribution in [0.25, 0.3) is 0 Å². The highest BCUT2D eigenvalue weighted by molar-refractivity contribution is 6.26. The van der Waals surface area contributed by atoms with E-state index in [-0.39, 0.29) is 5.71 Å². The van der Waals surface area contributed by atoms with E-state index in [0.29, 0.717) is 5.69 Å². The molecular weight excluding hydrogens is 335 g/mol. The van der Waals surface area contributed by atoms with Gasteiger partial charge in [-0.25, -0.2) is 0 Å². The third-order valence-electron chi connectivity index (χ3n) is 2.60. The lowest BCUT2D eigenvalue weighted by Gasteiger charge is -2.34. The molecule has 0 aliphatic rings. The van der Waals surface area contributed by atoms with Crippen molar-refractivity contribution in [3.05, 3.63) is 30.3 Å². The SMILES string of the molecule is C/C(CC(O)(C(F)(F)Cl)C(F)(F)Cl)=N\Nc1ccccc1. The van der Waals surface area contributed by atoms with Gasteiger partial charge in [0.05, 0.1) is 5.69 Å². The van der Waals surface area contributed by atoms with Gasteiger partial charge in [0.15, 0.2) is 0 Å². The topological polar surface area (TPSA) is 44.6 Å². The van der Waals surface area contributed by atoms with Gasteiger partial charge in [-0.2, -0.15) is 22.7 Å². The molecule has 0 saturated carbocycles. The summed E-state index contributed by atoms with van der Waals surface area (Å²) >= 11 is 9.13. The van der Waals surface area contributed by atoms with Gasteiger partial charge >= 0.3 is 10.8 Å². The summed E-state index contributed by atoms with van der Waals surface area (Å²) in [7, 11) is 0. The van der Waals surface area contributed by atoms with Gasteiger partial charge in [-0.15, -0.1) is 0 Å². The molecule has 0 aliphatic heterocycles. The molecule has 3 nitrogen and oxygen atoms in total. The number of hydrazone groups is 1. The Hall–Kier alpha value is -1.05. The predicted octanol–water partition coefficient (Wildman–Crippen LogP) is 4.26. The first kappa shape index (κ1) is 18.0. The van der Waals surface area contributed by atoms with Crippen molar-refractivity contribution in [2.75, 3.05) is 5.43 Å². The minimum absolute atomic E-state index is 0.234. The molecular formula is C12H12Cl2F4N2O. The lowest BCUT2D eigenvalue weighted by molar-refractivity contribution is -0.212. The van der Waals surface area contributed by atoms with Crippen molar-refractivity contribution in [2.45, 2.75) is 29.7 Å². The van der Waals surface area contributed by atoms with Crippen LogP contribution in [0.5, 0.6) is 0 Å². The Morgan fingerprint density at radius 3 is 2.05 bits per heavy atom. The summed E-state index contributed by atoms with van der Waals surface area (Å²) in [5.41, 5.74) is -1.22. The standard InChI is InChI=1S/C12H12Cl2F4N2O/c1-8(19-20-9-5-3-2-4-6-9)7-10(21,11(13,15)16)12(14,17)18/h2-6,20-21H,7H2,1H3/b19-8+. The fourth-order valence-corrected chi connectivity index (χ4v) is 1.86. The lowest BCUT2D eigenvalue weighted by atomic mass is 9.97.